The lowest BCUT2D eigenvalue weighted by atomic mass is 10.0. The van der Waals surface area contributed by atoms with Gasteiger partial charge in [0.2, 0.25) is 0 Å². The van der Waals surface area contributed by atoms with Crippen LogP contribution in [0.4, 0.5) is 13.2 Å². The maximum atomic E-state index is 12.4. The summed E-state index contributed by atoms with van der Waals surface area (Å²) in [6, 6.07) is 4.94. The minimum absolute atomic E-state index is 0.186. The highest BCUT2D eigenvalue weighted by atomic mass is 35.5. The molecule has 0 N–H and O–H groups in total. The summed E-state index contributed by atoms with van der Waals surface area (Å²) >= 11 is 7.71. The van der Waals surface area contributed by atoms with Gasteiger partial charge in [0.25, 0.3) is 0 Å². The van der Waals surface area contributed by atoms with Crippen LogP contribution in [-0.2, 0) is 10.1 Å². The third kappa shape index (κ3) is 4.04. The fourth-order valence-electron chi connectivity index (χ4n) is 3.44. The Morgan fingerprint density at radius 1 is 1.24 bits per heavy atom. The maximum absolute atomic E-state index is 12.4. The first-order valence-electron chi connectivity index (χ1n) is 7.76. The highest BCUT2D eigenvalue weighted by Gasteiger charge is 2.48. The second kappa shape index (κ2) is 6.83. The van der Waals surface area contributed by atoms with E-state index in [0.717, 1.165) is 18.9 Å². The predicted molar refractivity (Wildman–Crippen MR) is 90.5 cm³/mol. The van der Waals surface area contributed by atoms with E-state index in [9.17, 15) is 21.6 Å². The van der Waals surface area contributed by atoms with Gasteiger partial charge in [0.1, 0.15) is 5.75 Å². The number of benzene rings is 1. The third-order valence-electron chi connectivity index (χ3n) is 4.74. The Hall–Kier alpha value is -0.640. The van der Waals surface area contributed by atoms with Gasteiger partial charge in [-0.15, -0.1) is 11.8 Å². The van der Waals surface area contributed by atoms with E-state index in [4.69, 9.17) is 11.6 Å². The molecule has 0 aliphatic carbocycles. The number of alkyl halides is 3. The number of piperidine rings is 1. The lowest BCUT2D eigenvalue weighted by Gasteiger charge is -2.36. The van der Waals surface area contributed by atoms with E-state index in [-0.39, 0.29) is 5.02 Å². The van der Waals surface area contributed by atoms with E-state index in [1.165, 1.54) is 25.0 Å². The van der Waals surface area contributed by atoms with Crippen LogP contribution in [0.3, 0.4) is 0 Å². The Bertz CT molecular complexity index is 743. The molecule has 0 aromatic heterocycles. The summed E-state index contributed by atoms with van der Waals surface area (Å²) in [4.78, 5) is 3.13. The summed E-state index contributed by atoms with van der Waals surface area (Å²) in [6.45, 7) is 0. The Labute approximate surface area is 153 Å². The van der Waals surface area contributed by atoms with Crippen molar-refractivity contribution in [2.75, 3.05) is 7.05 Å². The zero-order chi connectivity index (χ0) is 18.4. The first-order chi connectivity index (χ1) is 11.6. The number of hydrogen-bond donors (Lipinski definition) is 0. The summed E-state index contributed by atoms with van der Waals surface area (Å²) in [6.07, 6.45) is 4.45. The van der Waals surface area contributed by atoms with E-state index in [2.05, 4.69) is 16.1 Å². The molecule has 3 rings (SSSR count). The Morgan fingerprint density at radius 2 is 1.84 bits per heavy atom. The number of fused-ring (bicyclic) bond motifs is 2. The molecule has 2 bridgehead atoms. The van der Waals surface area contributed by atoms with Crippen LogP contribution in [0, 0.1) is 0 Å². The fraction of sp³-hybridized carbons (Fsp3) is 0.600. The largest absolute Gasteiger partial charge is 0.534 e. The molecule has 25 heavy (non-hydrogen) atoms. The van der Waals surface area contributed by atoms with Crippen molar-refractivity contribution < 1.29 is 25.8 Å². The standard InChI is InChI=1S/C15H17ClF3NO3S2/c1-20-9-2-3-10(20)7-12(6-9)24-14-5-4-11(8-13(14)16)23-25(21,22)15(17,18)19/h4-5,8-10,12H,2-3,6-7H2,1H3. The summed E-state index contributed by atoms with van der Waals surface area (Å²) < 4.78 is 63.3. The number of rotatable bonds is 4. The summed E-state index contributed by atoms with van der Waals surface area (Å²) in [7, 11) is -3.55. The molecule has 10 heteroatoms. The monoisotopic (exact) mass is 415 g/mol. The average molecular weight is 416 g/mol. The van der Waals surface area contributed by atoms with Crippen LogP contribution in [0.1, 0.15) is 25.7 Å². The second-order valence-corrected chi connectivity index (χ2v) is 9.62. The predicted octanol–water partition coefficient (Wildman–Crippen LogP) is 4.29. The van der Waals surface area contributed by atoms with Crippen LogP contribution < -0.4 is 4.18 Å². The lowest BCUT2D eigenvalue weighted by Crippen LogP contribution is -2.40. The van der Waals surface area contributed by atoms with Crippen molar-refractivity contribution in [1.82, 2.24) is 4.90 Å². The van der Waals surface area contributed by atoms with Crippen molar-refractivity contribution in [2.24, 2.45) is 0 Å². The lowest BCUT2D eigenvalue weighted by molar-refractivity contribution is -0.0500. The Balaban J connectivity index is 1.69. The molecule has 2 aliphatic rings. The van der Waals surface area contributed by atoms with Gasteiger partial charge in [0.05, 0.1) is 5.02 Å². The Kier molecular flexibility index (Phi) is 5.22. The van der Waals surface area contributed by atoms with Gasteiger partial charge in [0, 0.05) is 28.3 Å². The van der Waals surface area contributed by atoms with Crippen LogP contribution in [-0.4, -0.2) is 43.2 Å². The molecule has 0 radical (unpaired) electrons. The molecule has 2 unspecified atom stereocenters. The molecular formula is C15H17ClF3NO3S2. The molecule has 0 spiro atoms. The molecular weight excluding hydrogens is 399 g/mol. The fourth-order valence-corrected chi connectivity index (χ4v) is 5.51. The van der Waals surface area contributed by atoms with Gasteiger partial charge in [-0.1, -0.05) is 11.6 Å². The smallest absolute Gasteiger partial charge is 0.376 e. The van der Waals surface area contributed by atoms with E-state index in [1.54, 1.807) is 11.8 Å². The highest BCUT2D eigenvalue weighted by Crippen LogP contribution is 2.43. The SMILES string of the molecule is CN1C2CCC1CC(Sc1ccc(OS(=O)(=O)C(F)(F)F)cc1Cl)C2. The molecule has 2 atom stereocenters. The topological polar surface area (TPSA) is 46.6 Å². The maximum Gasteiger partial charge on any atom is 0.534 e. The van der Waals surface area contributed by atoms with E-state index in [0.29, 0.717) is 22.2 Å². The summed E-state index contributed by atoms with van der Waals surface area (Å²) in [5, 5.41) is 0.572. The number of halogens is 4. The quantitative estimate of drug-likeness (QED) is 0.542. The number of hydrogen-bond acceptors (Lipinski definition) is 5. The van der Waals surface area contributed by atoms with Crippen LogP contribution >= 0.6 is 23.4 Å². The van der Waals surface area contributed by atoms with Gasteiger partial charge in [-0.05, 0) is 44.9 Å². The van der Waals surface area contributed by atoms with E-state index >= 15 is 0 Å². The third-order valence-corrected chi connectivity index (χ3v) is 7.47. The minimum atomic E-state index is -5.69. The molecule has 2 fully saturated rings. The highest BCUT2D eigenvalue weighted by molar-refractivity contribution is 8.00. The van der Waals surface area contributed by atoms with E-state index in [1.807, 2.05) is 0 Å². The summed E-state index contributed by atoms with van der Waals surface area (Å²) in [5.41, 5.74) is -5.47. The van der Waals surface area contributed by atoms with Gasteiger partial charge in [-0.2, -0.15) is 21.6 Å². The number of thioether (sulfide) groups is 1. The van der Waals surface area contributed by atoms with Crippen molar-refractivity contribution in [1.29, 1.82) is 0 Å². The molecule has 2 aliphatic heterocycles. The molecule has 2 saturated heterocycles. The molecule has 1 aromatic carbocycles. The molecule has 2 heterocycles. The zero-order valence-corrected chi connectivity index (χ0v) is 15.7. The first kappa shape index (κ1) is 19.1. The van der Waals surface area contributed by atoms with Gasteiger partial charge in [-0.25, -0.2) is 0 Å². The zero-order valence-electron chi connectivity index (χ0n) is 13.3. The molecule has 1 aromatic rings. The molecule has 0 amide bonds. The van der Waals surface area contributed by atoms with Crippen LogP contribution in [0.25, 0.3) is 0 Å². The molecule has 4 nitrogen and oxygen atoms in total. The normalized spacial score (nSPS) is 27.5. The van der Waals surface area contributed by atoms with Crippen LogP contribution in [0.15, 0.2) is 23.1 Å². The van der Waals surface area contributed by atoms with Crippen molar-refractivity contribution in [3.63, 3.8) is 0 Å². The van der Waals surface area contributed by atoms with E-state index < -0.39 is 21.4 Å². The summed E-state index contributed by atoms with van der Waals surface area (Å²) in [5.74, 6) is -0.449. The van der Waals surface area contributed by atoms with Crippen LogP contribution in [0.2, 0.25) is 5.02 Å². The van der Waals surface area contributed by atoms with Crippen LogP contribution in [0.5, 0.6) is 5.75 Å². The first-order valence-corrected chi connectivity index (χ1v) is 10.4. The van der Waals surface area contributed by atoms with Gasteiger partial charge < -0.3 is 9.08 Å². The van der Waals surface area contributed by atoms with Crippen molar-refractivity contribution >= 4 is 33.5 Å². The Morgan fingerprint density at radius 3 is 2.36 bits per heavy atom. The molecule has 0 saturated carbocycles. The van der Waals surface area contributed by atoms with Gasteiger partial charge in [0.15, 0.2) is 0 Å². The minimum Gasteiger partial charge on any atom is -0.376 e. The van der Waals surface area contributed by atoms with Crippen molar-refractivity contribution in [2.45, 2.75) is 53.4 Å². The average Bonchev–Trinajstić information content (AvgIpc) is 2.70. The van der Waals surface area contributed by atoms with Gasteiger partial charge >= 0.3 is 15.6 Å². The van der Waals surface area contributed by atoms with Crippen molar-refractivity contribution in [3.8, 4) is 5.75 Å². The second-order valence-electron chi connectivity index (χ2n) is 6.34. The van der Waals surface area contributed by atoms with Crippen molar-refractivity contribution in [3.05, 3.63) is 23.2 Å². The number of nitrogens with zero attached hydrogens (tertiary/aromatic N) is 1. The molecule has 140 valence electrons. The van der Waals surface area contributed by atoms with Gasteiger partial charge in [-0.3, -0.25) is 0 Å².